The Balaban J connectivity index is 1.56. The van der Waals surface area contributed by atoms with Crippen molar-refractivity contribution in [1.29, 1.82) is 0 Å². The first-order valence-corrected chi connectivity index (χ1v) is 9.73. The number of benzene rings is 1. The van der Waals surface area contributed by atoms with Crippen molar-refractivity contribution in [3.8, 4) is 5.75 Å². The van der Waals surface area contributed by atoms with Crippen molar-refractivity contribution in [3.63, 3.8) is 0 Å². The molecule has 26 heavy (non-hydrogen) atoms. The molecule has 2 heterocycles. The zero-order valence-corrected chi connectivity index (χ0v) is 16.1. The average Bonchev–Trinajstić information content (AvgIpc) is 3.15. The molecule has 2 amide bonds. The summed E-state index contributed by atoms with van der Waals surface area (Å²) in [6.07, 6.45) is 2.34. The Hall–Kier alpha value is -1.79. The van der Waals surface area contributed by atoms with Gasteiger partial charge in [0.1, 0.15) is 12.4 Å². The SMILES string of the molecule is CCN1CC(C)N(C(=O)Nc2cccc(OCC3CCCO3)c2)CC1C. The summed E-state index contributed by atoms with van der Waals surface area (Å²) >= 11 is 0. The van der Waals surface area contributed by atoms with E-state index in [0.29, 0.717) is 12.6 Å². The van der Waals surface area contributed by atoms with E-state index in [1.807, 2.05) is 29.2 Å². The molecule has 0 aliphatic carbocycles. The highest BCUT2D eigenvalue weighted by atomic mass is 16.5. The highest BCUT2D eigenvalue weighted by Gasteiger charge is 2.31. The normalized spacial score (nSPS) is 26.7. The summed E-state index contributed by atoms with van der Waals surface area (Å²) in [6.45, 7) is 10.5. The third-order valence-corrected chi connectivity index (χ3v) is 5.33. The first-order chi connectivity index (χ1) is 12.6. The Kier molecular flexibility index (Phi) is 6.38. The molecule has 1 aromatic rings. The zero-order chi connectivity index (χ0) is 18.5. The van der Waals surface area contributed by atoms with Gasteiger partial charge < -0.3 is 19.7 Å². The van der Waals surface area contributed by atoms with Gasteiger partial charge in [-0.1, -0.05) is 13.0 Å². The molecule has 3 rings (SSSR count). The van der Waals surface area contributed by atoms with E-state index in [0.717, 1.165) is 50.5 Å². The molecule has 144 valence electrons. The largest absolute Gasteiger partial charge is 0.491 e. The van der Waals surface area contributed by atoms with Gasteiger partial charge in [-0.2, -0.15) is 0 Å². The van der Waals surface area contributed by atoms with E-state index in [9.17, 15) is 4.79 Å². The lowest BCUT2D eigenvalue weighted by Gasteiger charge is -2.43. The topological polar surface area (TPSA) is 54.0 Å². The maximum atomic E-state index is 12.7. The number of piperazine rings is 1. The lowest BCUT2D eigenvalue weighted by Crippen LogP contribution is -2.58. The number of anilines is 1. The Morgan fingerprint density at radius 1 is 1.31 bits per heavy atom. The van der Waals surface area contributed by atoms with E-state index in [1.54, 1.807) is 0 Å². The third kappa shape index (κ3) is 4.68. The van der Waals surface area contributed by atoms with E-state index in [-0.39, 0.29) is 18.2 Å². The molecular formula is C20H31N3O3. The highest BCUT2D eigenvalue weighted by Crippen LogP contribution is 2.21. The number of hydrogen-bond acceptors (Lipinski definition) is 4. The quantitative estimate of drug-likeness (QED) is 0.875. The van der Waals surface area contributed by atoms with Crippen molar-refractivity contribution in [2.24, 2.45) is 0 Å². The monoisotopic (exact) mass is 361 g/mol. The first-order valence-electron chi connectivity index (χ1n) is 9.73. The van der Waals surface area contributed by atoms with Crippen molar-refractivity contribution < 1.29 is 14.3 Å². The number of carbonyl (C=O) groups is 1. The van der Waals surface area contributed by atoms with Gasteiger partial charge in [-0.25, -0.2) is 4.79 Å². The number of nitrogens with one attached hydrogen (secondary N) is 1. The second kappa shape index (κ2) is 8.73. The molecule has 3 unspecified atom stereocenters. The molecule has 1 N–H and O–H groups in total. The third-order valence-electron chi connectivity index (χ3n) is 5.33. The molecule has 2 aliphatic rings. The molecule has 0 aromatic heterocycles. The zero-order valence-electron chi connectivity index (χ0n) is 16.1. The maximum Gasteiger partial charge on any atom is 0.322 e. The number of urea groups is 1. The Bertz CT molecular complexity index is 604. The average molecular weight is 361 g/mol. The summed E-state index contributed by atoms with van der Waals surface area (Å²) in [7, 11) is 0. The number of nitrogens with zero attached hydrogens (tertiary/aromatic N) is 2. The van der Waals surface area contributed by atoms with E-state index in [2.05, 4.69) is 31.0 Å². The van der Waals surface area contributed by atoms with Gasteiger partial charge in [0.15, 0.2) is 0 Å². The fourth-order valence-electron chi connectivity index (χ4n) is 3.75. The summed E-state index contributed by atoms with van der Waals surface area (Å²) in [6, 6.07) is 8.12. The van der Waals surface area contributed by atoms with Crippen LogP contribution in [-0.4, -0.2) is 66.9 Å². The van der Waals surface area contributed by atoms with E-state index in [1.165, 1.54) is 0 Å². The van der Waals surface area contributed by atoms with Crippen molar-refractivity contribution in [2.45, 2.75) is 51.8 Å². The van der Waals surface area contributed by atoms with Crippen molar-refractivity contribution in [1.82, 2.24) is 9.80 Å². The number of amides is 2. The van der Waals surface area contributed by atoms with Gasteiger partial charge in [0.2, 0.25) is 0 Å². The molecular weight excluding hydrogens is 330 g/mol. The number of ether oxygens (including phenoxy) is 2. The second-order valence-electron chi connectivity index (χ2n) is 7.34. The molecule has 0 spiro atoms. The summed E-state index contributed by atoms with van der Waals surface area (Å²) in [5.74, 6) is 0.760. The molecule has 0 saturated carbocycles. The Morgan fingerprint density at radius 3 is 2.88 bits per heavy atom. The first kappa shape index (κ1) is 19.0. The van der Waals surface area contributed by atoms with Crippen molar-refractivity contribution >= 4 is 11.7 Å². The molecule has 0 bridgehead atoms. The fraction of sp³-hybridized carbons (Fsp3) is 0.650. The van der Waals surface area contributed by atoms with Gasteiger partial charge in [0, 0.05) is 43.5 Å². The van der Waals surface area contributed by atoms with Crippen molar-refractivity contribution in [2.75, 3.05) is 38.2 Å². The van der Waals surface area contributed by atoms with E-state index >= 15 is 0 Å². The Morgan fingerprint density at radius 2 is 2.15 bits per heavy atom. The summed E-state index contributed by atoms with van der Waals surface area (Å²) < 4.78 is 11.4. The minimum Gasteiger partial charge on any atom is -0.491 e. The number of carbonyl (C=O) groups excluding carboxylic acids is 1. The van der Waals surface area contributed by atoms with Crippen LogP contribution in [-0.2, 0) is 4.74 Å². The van der Waals surface area contributed by atoms with Crippen LogP contribution in [0.4, 0.5) is 10.5 Å². The van der Waals surface area contributed by atoms with Crippen LogP contribution >= 0.6 is 0 Å². The smallest absolute Gasteiger partial charge is 0.322 e. The van der Waals surface area contributed by atoms with Crippen LogP contribution in [0.3, 0.4) is 0 Å². The number of likely N-dealkylation sites (N-methyl/N-ethyl adjacent to an activating group) is 1. The van der Waals surface area contributed by atoms with Crippen LogP contribution in [0, 0.1) is 0 Å². The highest BCUT2D eigenvalue weighted by molar-refractivity contribution is 5.89. The standard InChI is InChI=1S/C20H31N3O3/c1-4-22-12-16(3)23(13-15(22)2)20(24)21-17-7-5-8-18(11-17)26-14-19-9-6-10-25-19/h5,7-8,11,15-16,19H,4,6,9-10,12-14H2,1-3H3,(H,21,24). The van der Waals surface area contributed by atoms with Gasteiger partial charge in [-0.3, -0.25) is 4.90 Å². The summed E-state index contributed by atoms with van der Waals surface area (Å²) in [4.78, 5) is 17.1. The molecule has 2 aliphatic heterocycles. The predicted molar refractivity (Wildman–Crippen MR) is 103 cm³/mol. The maximum absolute atomic E-state index is 12.7. The summed E-state index contributed by atoms with van der Waals surface area (Å²) in [5, 5.41) is 3.02. The Labute approximate surface area is 156 Å². The number of rotatable bonds is 5. The second-order valence-corrected chi connectivity index (χ2v) is 7.34. The van der Waals surface area contributed by atoms with Crippen LogP contribution in [0.5, 0.6) is 5.75 Å². The van der Waals surface area contributed by atoms with E-state index in [4.69, 9.17) is 9.47 Å². The van der Waals surface area contributed by atoms with Crippen LogP contribution in [0.2, 0.25) is 0 Å². The molecule has 0 radical (unpaired) electrons. The van der Waals surface area contributed by atoms with Gasteiger partial charge >= 0.3 is 6.03 Å². The summed E-state index contributed by atoms with van der Waals surface area (Å²) in [5.41, 5.74) is 0.762. The van der Waals surface area contributed by atoms with E-state index < -0.39 is 0 Å². The predicted octanol–water partition coefficient (Wildman–Crippen LogP) is 3.19. The van der Waals surface area contributed by atoms with Crippen LogP contribution in [0.25, 0.3) is 0 Å². The fourth-order valence-corrected chi connectivity index (χ4v) is 3.75. The van der Waals surface area contributed by atoms with Crippen LogP contribution in [0.1, 0.15) is 33.6 Å². The minimum absolute atomic E-state index is 0.0450. The van der Waals surface area contributed by atoms with Gasteiger partial charge in [0.05, 0.1) is 6.10 Å². The van der Waals surface area contributed by atoms with Crippen molar-refractivity contribution in [3.05, 3.63) is 24.3 Å². The molecule has 1 aromatic carbocycles. The van der Waals surface area contributed by atoms with Crippen LogP contribution in [0.15, 0.2) is 24.3 Å². The van der Waals surface area contributed by atoms with Gasteiger partial charge in [0.25, 0.3) is 0 Å². The van der Waals surface area contributed by atoms with Gasteiger partial charge in [-0.05, 0) is 45.4 Å². The van der Waals surface area contributed by atoms with Gasteiger partial charge in [-0.15, -0.1) is 0 Å². The lowest BCUT2D eigenvalue weighted by molar-refractivity contribution is 0.0679. The lowest BCUT2D eigenvalue weighted by atomic mass is 10.1. The van der Waals surface area contributed by atoms with Crippen LogP contribution < -0.4 is 10.1 Å². The molecule has 2 saturated heterocycles. The minimum atomic E-state index is -0.0450. The molecule has 6 nitrogen and oxygen atoms in total. The molecule has 3 atom stereocenters. The molecule has 6 heteroatoms. The molecule has 2 fully saturated rings. The number of hydrogen-bond donors (Lipinski definition) is 1.